The molecule has 132 valence electrons. The molecule has 6 heteroatoms. The molecule has 1 fully saturated rings. The average molecular weight is 341 g/mol. The molecule has 2 atom stereocenters. The Morgan fingerprint density at radius 1 is 1.40 bits per heavy atom. The topological polar surface area (TPSA) is 56.6 Å². The highest BCUT2D eigenvalue weighted by Crippen LogP contribution is 2.32. The van der Waals surface area contributed by atoms with Crippen molar-refractivity contribution in [1.29, 1.82) is 0 Å². The highest BCUT2D eigenvalue weighted by atomic mass is 16.5. The minimum absolute atomic E-state index is 0.109. The Morgan fingerprint density at radius 2 is 2.32 bits per heavy atom. The van der Waals surface area contributed by atoms with Crippen molar-refractivity contribution in [3.05, 3.63) is 42.5 Å². The van der Waals surface area contributed by atoms with Gasteiger partial charge in [-0.05, 0) is 30.9 Å². The van der Waals surface area contributed by atoms with Crippen LogP contribution in [0.3, 0.4) is 0 Å². The molecule has 25 heavy (non-hydrogen) atoms. The lowest BCUT2D eigenvalue weighted by Crippen LogP contribution is -2.46. The first-order valence-electron chi connectivity index (χ1n) is 8.80. The first-order valence-corrected chi connectivity index (χ1v) is 8.80. The van der Waals surface area contributed by atoms with Crippen LogP contribution in [0.25, 0.3) is 0 Å². The number of amides is 1. The molecule has 0 N–H and O–H groups in total. The zero-order valence-electron chi connectivity index (χ0n) is 14.4. The van der Waals surface area contributed by atoms with Gasteiger partial charge in [-0.2, -0.15) is 0 Å². The summed E-state index contributed by atoms with van der Waals surface area (Å²) in [6, 6.07) is 6.14. The average Bonchev–Trinajstić information content (AvgIpc) is 3.21. The quantitative estimate of drug-likeness (QED) is 0.860. The van der Waals surface area contributed by atoms with Crippen LogP contribution in [-0.2, 0) is 11.2 Å². The summed E-state index contributed by atoms with van der Waals surface area (Å²) in [6.07, 6.45) is 8.45. The molecule has 0 spiro atoms. The number of hydrogen-bond acceptors (Lipinski definition) is 4. The Hall–Kier alpha value is -2.50. The minimum atomic E-state index is -0.109. The van der Waals surface area contributed by atoms with Crippen molar-refractivity contribution >= 4 is 5.91 Å². The van der Waals surface area contributed by atoms with Crippen LogP contribution < -0.4 is 9.47 Å². The van der Waals surface area contributed by atoms with Gasteiger partial charge in [0.1, 0.15) is 18.1 Å². The van der Waals surface area contributed by atoms with E-state index in [4.69, 9.17) is 9.47 Å². The normalized spacial score (nSPS) is 22.8. The summed E-state index contributed by atoms with van der Waals surface area (Å²) < 4.78 is 13.2. The molecule has 4 rings (SSSR count). The number of methoxy groups -OCH3 is 1. The largest absolute Gasteiger partial charge is 0.497 e. The molecular formula is C19H23N3O3. The van der Waals surface area contributed by atoms with Gasteiger partial charge in [-0.1, -0.05) is 6.07 Å². The zero-order valence-corrected chi connectivity index (χ0v) is 14.4. The molecule has 0 saturated carbocycles. The first kappa shape index (κ1) is 16.0. The number of ether oxygens (including phenoxy) is 2. The Balaban J connectivity index is 1.44. The first-order chi connectivity index (χ1) is 12.2. The Labute approximate surface area is 147 Å². The summed E-state index contributed by atoms with van der Waals surface area (Å²) in [4.78, 5) is 19.1. The molecular weight excluding hydrogens is 318 g/mol. The number of hydrogen-bond donors (Lipinski definition) is 0. The molecule has 1 aromatic carbocycles. The fraction of sp³-hybridized carbons (Fsp3) is 0.474. The Morgan fingerprint density at radius 3 is 3.12 bits per heavy atom. The van der Waals surface area contributed by atoms with E-state index in [9.17, 15) is 4.79 Å². The van der Waals surface area contributed by atoms with Crippen molar-refractivity contribution in [3.8, 4) is 11.5 Å². The number of benzene rings is 1. The lowest BCUT2D eigenvalue weighted by atomic mass is 9.94. The smallest absolute Gasteiger partial charge is 0.229 e. The second-order valence-corrected chi connectivity index (χ2v) is 6.78. The highest BCUT2D eigenvalue weighted by Gasteiger charge is 2.32. The highest BCUT2D eigenvalue weighted by molar-refractivity contribution is 5.80. The number of carbonyl (C=O) groups excluding carboxylic acids is 1. The van der Waals surface area contributed by atoms with Crippen molar-refractivity contribution < 1.29 is 14.3 Å². The van der Waals surface area contributed by atoms with Gasteiger partial charge in [0, 0.05) is 31.5 Å². The number of rotatable bonds is 3. The van der Waals surface area contributed by atoms with E-state index in [0.29, 0.717) is 12.6 Å². The maximum Gasteiger partial charge on any atom is 0.229 e. The van der Waals surface area contributed by atoms with Crippen LogP contribution in [0.15, 0.2) is 36.9 Å². The Kier molecular flexibility index (Phi) is 4.34. The van der Waals surface area contributed by atoms with Crippen molar-refractivity contribution in [2.75, 3.05) is 26.8 Å². The van der Waals surface area contributed by atoms with Crippen LogP contribution in [0.2, 0.25) is 0 Å². The van der Waals surface area contributed by atoms with E-state index in [-0.39, 0.29) is 11.8 Å². The second kappa shape index (κ2) is 6.78. The standard InChI is InChI=1S/C19H23N3O3/c1-24-17-5-4-14-9-15(12-25-18(14)10-17)19(23)21-7-2-3-16(11-21)22-8-6-20-13-22/h4-6,8,10,13,15-16H,2-3,7,9,11-12H2,1H3/t15-,16+/m0/s1. The third-order valence-corrected chi connectivity index (χ3v) is 5.18. The lowest BCUT2D eigenvalue weighted by Gasteiger charge is -2.36. The summed E-state index contributed by atoms with van der Waals surface area (Å²) in [5.41, 5.74) is 1.08. The lowest BCUT2D eigenvalue weighted by molar-refractivity contribution is -0.138. The monoisotopic (exact) mass is 341 g/mol. The van der Waals surface area contributed by atoms with Crippen LogP contribution in [0.5, 0.6) is 11.5 Å². The van der Waals surface area contributed by atoms with E-state index in [1.165, 1.54) is 0 Å². The predicted molar refractivity (Wildman–Crippen MR) is 92.8 cm³/mol. The molecule has 2 aliphatic heterocycles. The van der Waals surface area contributed by atoms with Crippen molar-refractivity contribution in [1.82, 2.24) is 14.5 Å². The number of piperidine rings is 1. The molecule has 0 aliphatic carbocycles. The number of carbonyl (C=O) groups is 1. The molecule has 0 unspecified atom stereocenters. The third-order valence-electron chi connectivity index (χ3n) is 5.18. The van der Waals surface area contributed by atoms with Gasteiger partial charge in [-0.3, -0.25) is 4.79 Å². The second-order valence-electron chi connectivity index (χ2n) is 6.78. The summed E-state index contributed by atoms with van der Waals surface area (Å²) in [6.45, 7) is 2.02. The van der Waals surface area contributed by atoms with E-state index < -0.39 is 0 Å². The number of aromatic nitrogens is 2. The van der Waals surface area contributed by atoms with Gasteiger partial charge in [0.15, 0.2) is 0 Å². The number of nitrogens with zero attached hydrogens (tertiary/aromatic N) is 3. The van der Waals surface area contributed by atoms with Crippen molar-refractivity contribution in [2.24, 2.45) is 5.92 Å². The van der Waals surface area contributed by atoms with E-state index in [1.807, 2.05) is 35.6 Å². The van der Waals surface area contributed by atoms with Crippen molar-refractivity contribution in [3.63, 3.8) is 0 Å². The van der Waals surface area contributed by atoms with Crippen LogP contribution >= 0.6 is 0 Å². The van der Waals surface area contributed by atoms with Gasteiger partial charge in [-0.25, -0.2) is 4.98 Å². The zero-order chi connectivity index (χ0) is 17.2. The van der Waals surface area contributed by atoms with Gasteiger partial charge >= 0.3 is 0 Å². The van der Waals surface area contributed by atoms with E-state index >= 15 is 0 Å². The van der Waals surface area contributed by atoms with Gasteiger partial charge in [0.25, 0.3) is 0 Å². The van der Waals surface area contributed by atoms with Crippen LogP contribution in [0, 0.1) is 5.92 Å². The van der Waals surface area contributed by atoms with E-state index in [1.54, 1.807) is 13.3 Å². The van der Waals surface area contributed by atoms with Crippen LogP contribution in [-0.4, -0.2) is 47.2 Å². The number of imidazole rings is 1. The number of likely N-dealkylation sites (tertiary alicyclic amines) is 1. The molecule has 1 amide bonds. The Bertz CT molecular complexity index is 744. The van der Waals surface area contributed by atoms with Crippen LogP contribution in [0.4, 0.5) is 0 Å². The molecule has 1 aromatic heterocycles. The fourth-order valence-corrected chi connectivity index (χ4v) is 3.78. The molecule has 0 bridgehead atoms. The molecule has 3 heterocycles. The maximum atomic E-state index is 13.0. The molecule has 6 nitrogen and oxygen atoms in total. The van der Waals surface area contributed by atoms with Crippen molar-refractivity contribution in [2.45, 2.75) is 25.3 Å². The van der Waals surface area contributed by atoms with Crippen LogP contribution in [0.1, 0.15) is 24.4 Å². The summed E-state index contributed by atoms with van der Waals surface area (Å²) in [7, 11) is 1.64. The molecule has 2 aromatic rings. The summed E-state index contributed by atoms with van der Waals surface area (Å²) in [5.74, 6) is 1.70. The van der Waals surface area contributed by atoms with E-state index in [0.717, 1.165) is 49.4 Å². The van der Waals surface area contributed by atoms with Gasteiger partial charge in [0.05, 0.1) is 25.4 Å². The summed E-state index contributed by atoms with van der Waals surface area (Å²) in [5, 5.41) is 0. The van der Waals surface area contributed by atoms with Gasteiger partial charge < -0.3 is 18.9 Å². The molecule has 0 radical (unpaired) electrons. The SMILES string of the molecule is COc1ccc2c(c1)OC[C@@H](C(=O)N1CCC[C@@H](n3ccnc3)C1)C2. The number of fused-ring (bicyclic) bond motifs is 1. The fourth-order valence-electron chi connectivity index (χ4n) is 3.78. The summed E-state index contributed by atoms with van der Waals surface area (Å²) >= 11 is 0. The van der Waals surface area contributed by atoms with Gasteiger partial charge in [0.2, 0.25) is 5.91 Å². The van der Waals surface area contributed by atoms with E-state index in [2.05, 4.69) is 9.55 Å². The maximum absolute atomic E-state index is 13.0. The third kappa shape index (κ3) is 3.21. The van der Waals surface area contributed by atoms with Gasteiger partial charge in [-0.15, -0.1) is 0 Å². The molecule has 1 saturated heterocycles. The predicted octanol–water partition coefficient (Wildman–Crippen LogP) is 2.31. The molecule has 2 aliphatic rings. The minimum Gasteiger partial charge on any atom is -0.497 e.